The SMILES string of the molecule is Cc1cc(-c2cc3ccccc3o2)on1. The lowest BCUT2D eigenvalue weighted by atomic mass is 10.2. The minimum absolute atomic E-state index is 0.670. The summed E-state index contributed by atoms with van der Waals surface area (Å²) >= 11 is 0. The van der Waals surface area contributed by atoms with Crippen molar-refractivity contribution in [3.05, 3.63) is 42.1 Å². The number of furan rings is 1. The van der Waals surface area contributed by atoms with Crippen molar-refractivity contribution < 1.29 is 8.94 Å². The molecular weight excluding hydrogens is 190 g/mol. The number of nitrogens with zero attached hydrogens (tertiary/aromatic N) is 1. The normalized spacial score (nSPS) is 11.0. The Bertz CT molecular complexity index is 574. The summed E-state index contributed by atoms with van der Waals surface area (Å²) in [6, 6.07) is 11.7. The zero-order chi connectivity index (χ0) is 10.3. The van der Waals surface area contributed by atoms with Gasteiger partial charge in [-0.25, -0.2) is 0 Å². The first-order valence-electron chi connectivity index (χ1n) is 4.75. The van der Waals surface area contributed by atoms with Gasteiger partial charge in [-0.05, 0) is 19.1 Å². The predicted octanol–water partition coefficient (Wildman–Crippen LogP) is 3.40. The van der Waals surface area contributed by atoms with Crippen LogP contribution < -0.4 is 0 Å². The molecule has 0 radical (unpaired) electrons. The maximum atomic E-state index is 5.63. The summed E-state index contributed by atoms with van der Waals surface area (Å²) in [4.78, 5) is 0. The fraction of sp³-hybridized carbons (Fsp3) is 0.0833. The van der Waals surface area contributed by atoms with Crippen molar-refractivity contribution in [2.75, 3.05) is 0 Å². The number of rotatable bonds is 1. The van der Waals surface area contributed by atoms with Crippen molar-refractivity contribution in [2.24, 2.45) is 0 Å². The third-order valence-corrected chi connectivity index (χ3v) is 2.30. The highest BCUT2D eigenvalue weighted by Crippen LogP contribution is 2.27. The molecule has 15 heavy (non-hydrogen) atoms. The van der Waals surface area contributed by atoms with Crippen LogP contribution in [0.3, 0.4) is 0 Å². The van der Waals surface area contributed by atoms with Gasteiger partial charge in [0.25, 0.3) is 0 Å². The van der Waals surface area contributed by atoms with Crippen LogP contribution in [0.5, 0.6) is 0 Å². The molecule has 0 spiro atoms. The molecule has 3 aromatic rings. The third kappa shape index (κ3) is 1.32. The van der Waals surface area contributed by atoms with E-state index in [-0.39, 0.29) is 0 Å². The molecule has 0 saturated carbocycles. The summed E-state index contributed by atoms with van der Waals surface area (Å²) in [5, 5.41) is 4.90. The highest BCUT2D eigenvalue weighted by atomic mass is 16.5. The monoisotopic (exact) mass is 199 g/mol. The molecule has 0 amide bonds. The average molecular weight is 199 g/mol. The summed E-state index contributed by atoms with van der Waals surface area (Å²) in [5.41, 5.74) is 1.71. The lowest BCUT2D eigenvalue weighted by Gasteiger charge is -1.85. The van der Waals surface area contributed by atoms with Crippen LogP contribution in [0.4, 0.5) is 0 Å². The molecule has 2 heterocycles. The van der Waals surface area contributed by atoms with E-state index in [1.165, 1.54) is 0 Å². The van der Waals surface area contributed by atoms with Gasteiger partial charge in [0.05, 0.1) is 5.69 Å². The van der Waals surface area contributed by atoms with Gasteiger partial charge in [-0.2, -0.15) is 0 Å². The highest BCUT2D eigenvalue weighted by Gasteiger charge is 2.09. The van der Waals surface area contributed by atoms with Gasteiger partial charge in [-0.3, -0.25) is 0 Å². The van der Waals surface area contributed by atoms with Gasteiger partial charge in [0.15, 0.2) is 5.76 Å². The quantitative estimate of drug-likeness (QED) is 0.603. The topological polar surface area (TPSA) is 39.2 Å². The fourth-order valence-electron chi connectivity index (χ4n) is 1.58. The number of hydrogen-bond donors (Lipinski definition) is 0. The molecule has 0 aliphatic rings. The molecule has 0 fully saturated rings. The molecule has 3 nitrogen and oxygen atoms in total. The lowest BCUT2D eigenvalue weighted by Crippen LogP contribution is -1.63. The molecule has 1 aromatic carbocycles. The van der Waals surface area contributed by atoms with Crippen LogP contribution in [0.15, 0.2) is 45.3 Å². The largest absolute Gasteiger partial charge is 0.453 e. The standard InChI is InChI=1S/C12H9NO2/c1-8-6-12(15-13-8)11-7-9-4-2-3-5-10(9)14-11/h2-7H,1H3. The number of para-hydroxylation sites is 1. The van der Waals surface area contributed by atoms with Crippen LogP contribution >= 0.6 is 0 Å². The molecule has 0 aliphatic carbocycles. The number of hydrogen-bond acceptors (Lipinski definition) is 3. The molecule has 2 aromatic heterocycles. The molecule has 74 valence electrons. The van der Waals surface area contributed by atoms with Gasteiger partial charge in [-0.15, -0.1) is 0 Å². The first kappa shape index (κ1) is 8.29. The first-order valence-corrected chi connectivity index (χ1v) is 4.75. The Labute approximate surface area is 86.3 Å². The summed E-state index contributed by atoms with van der Waals surface area (Å²) in [6.45, 7) is 1.88. The first-order chi connectivity index (χ1) is 7.33. The summed E-state index contributed by atoms with van der Waals surface area (Å²) in [6.07, 6.45) is 0. The maximum absolute atomic E-state index is 5.63. The van der Waals surface area contributed by atoms with Crippen LogP contribution in [0, 0.1) is 6.92 Å². The second kappa shape index (κ2) is 2.98. The molecule has 0 aliphatic heterocycles. The van der Waals surface area contributed by atoms with Crippen LogP contribution in [-0.2, 0) is 0 Å². The van der Waals surface area contributed by atoms with Crippen molar-refractivity contribution in [2.45, 2.75) is 6.92 Å². The highest BCUT2D eigenvalue weighted by molar-refractivity contribution is 5.81. The fourth-order valence-corrected chi connectivity index (χ4v) is 1.58. The van der Waals surface area contributed by atoms with Crippen molar-refractivity contribution in [3.63, 3.8) is 0 Å². The van der Waals surface area contributed by atoms with E-state index in [1.54, 1.807) is 0 Å². The van der Waals surface area contributed by atoms with Gasteiger partial charge in [0.1, 0.15) is 5.58 Å². The third-order valence-electron chi connectivity index (χ3n) is 2.30. The molecular formula is C12H9NO2. The molecule has 0 unspecified atom stereocenters. The van der Waals surface area contributed by atoms with E-state index in [1.807, 2.05) is 43.3 Å². The van der Waals surface area contributed by atoms with Crippen LogP contribution in [0.25, 0.3) is 22.5 Å². The van der Waals surface area contributed by atoms with Crippen LogP contribution in [0.2, 0.25) is 0 Å². The van der Waals surface area contributed by atoms with Gasteiger partial charge in [-0.1, -0.05) is 23.4 Å². The van der Waals surface area contributed by atoms with Crippen LogP contribution in [-0.4, -0.2) is 5.16 Å². The molecule has 0 N–H and O–H groups in total. The Kier molecular flexibility index (Phi) is 1.65. The number of aryl methyl sites for hydroxylation is 1. The molecule has 0 bridgehead atoms. The average Bonchev–Trinajstić information content (AvgIpc) is 2.82. The number of aromatic nitrogens is 1. The van der Waals surface area contributed by atoms with E-state index in [2.05, 4.69) is 5.16 Å². The Morgan fingerprint density at radius 2 is 1.93 bits per heavy atom. The van der Waals surface area contributed by atoms with E-state index in [9.17, 15) is 0 Å². The molecule has 3 heteroatoms. The van der Waals surface area contributed by atoms with Crippen LogP contribution in [0.1, 0.15) is 5.69 Å². The van der Waals surface area contributed by atoms with E-state index in [0.717, 1.165) is 22.4 Å². The molecule has 3 rings (SSSR count). The Balaban J connectivity index is 2.19. The van der Waals surface area contributed by atoms with Gasteiger partial charge in [0.2, 0.25) is 5.76 Å². The Hall–Kier alpha value is -2.03. The zero-order valence-corrected chi connectivity index (χ0v) is 8.23. The van der Waals surface area contributed by atoms with E-state index in [4.69, 9.17) is 8.94 Å². The predicted molar refractivity (Wildman–Crippen MR) is 56.4 cm³/mol. The van der Waals surface area contributed by atoms with E-state index < -0.39 is 0 Å². The zero-order valence-electron chi connectivity index (χ0n) is 8.23. The minimum atomic E-state index is 0.670. The van der Waals surface area contributed by atoms with E-state index >= 15 is 0 Å². The van der Waals surface area contributed by atoms with Gasteiger partial charge < -0.3 is 8.94 Å². The summed E-state index contributed by atoms with van der Waals surface area (Å²) in [5.74, 6) is 1.39. The van der Waals surface area contributed by atoms with Crippen molar-refractivity contribution >= 4 is 11.0 Å². The maximum Gasteiger partial charge on any atom is 0.202 e. The second-order valence-electron chi connectivity index (χ2n) is 3.48. The number of benzene rings is 1. The smallest absolute Gasteiger partial charge is 0.202 e. The minimum Gasteiger partial charge on any atom is -0.453 e. The Morgan fingerprint density at radius 1 is 1.07 bits per heavy atom. The van der Waals surface area contributed by atoms with Gasteiger partial charge >= 0.3 is 0 Å². The summed E-state index contributed by atoms with van der Waals surface area (Å²) in [7, 11) is 0. The lowest BCUT2D eigenvalue weighted by molar-refractivity contribution is 0.416. The number of fused-ring (bicyclic) bond motifs is 1. The van der Waals surface area contributed by atoms with Crippen molar-refractivity contribution in [3.8, 4) is 11.5 Å². The van der Waals surface area contributed by atoms with Crippen molar-refractivity contribution in [1.82, 2.24) is 5.16 Å². The molecule has 0 atom stereocenters. The second-order valence-corrected chi connectivity index (χ2v) is 3.48. The van der Waals surface area contributed by atoms with Gasteiger partial charge in [0, 0.05) is 11.5 Å². The van der Waals surface area contributed by atoms with Crippen molar-refractivity contribution in [1.29, 1.82) is 0 Å². The van der Waals surface area contributed by atoms with E-state index in [0.29, 0.717) is 5.76 Å². The Morgan fingerprint density at radius 3 is 2.67 bits per heavy atom. The summed E-state index contributed by atoms with van der Waals surface area (Å²) < 4.78 is 10.8. The molecule has 0 saturated heterocycles.